The second kappa shape index (κ2) is 6.72. The fraction of sp³-hybridized carbons (Fsp3) is 0.143. The summed E-state index contributed by atoms with van der Waals surface area (Å²) in [6.07, 6.45) is -4.72. The smallest absolute Gasteiger partial charge is 0.489 e. The average Bonchev–Trinajstić information content (AvgIpc) is 2.45. The highest BCUT2D eigenvalue weighted by Crippen LogP contribution is 2.24. The van der Waals surface area contributed by atoms with Crippen molar-refractivity contribution in [2.75, 3.05) is 0 Å². The van der Waals surface area contributed by atoms with Gasteiger partial charge in [-0.3, -0.25) is 0 Å². The van der Waals surface area contributed by atoms with Crippen molar-refractivity contribution in [3.8, 4) is 11.5 Å². The Morgan fingerprint density at radius 1 is 0.864 bits per heavy atom. The molecule has 2 aromatic carbocycles. The van der Waals surface area contributed by atoms with Crippen LogP contribution in [-0.4, -0.2) is 23.5 Å². The number of benzene rings is 2. The Morgan fingerprint density at radius 3 is 1.91 bits per heavy atom. The number of halogens is 3. The molecule has 116 valence electrons. The molecule has 0 amide bonds. The Labute approximate surface area is 124 Å². The maximum Gasteiger partial charge on any atom is 0.573 e. The van der Waals surface area contributed by atoms with Gasteiger partial charge in [-0.1, -0.05) is 24.3 Å². The van der Waals surface area contributed by atoms with Gasteiger partial charge in [0.15, 0.2) is 0 Å². The summed E-state index contributed by atoms with van der Waals surface area (Å²) in [4.78, 5) is 0. The lowest BCUT2D eigenvalue weighted by molar-refractivity contribution is -0.274. The maximum atomic E-state index is 12.0. The fourth-order valence-corrected chi connectivity index (χ4v) is 1.69. The van der Waals surface area contributed by atoms with Crippen molar-refractivity contribution in [3.05, 3.63) is 54.1 Å². The van der Waals surface area contributed by atoms with E-state index in [0.29, 0.717) is 11.2 Å². The molecule has 0 spiro atoms. The van der Waals surface area contributed by atoms with E-state index in [1.807, 2.05) is 0 Å². The predicted molar refractivity (Wildman–Crippen MR) is 73.7 cm³/mol. The lowest BCUT2D eigenvalue weighted by Crippen LogP contribution is -2.29. The minimum Gasteiger partial charge on any atom is -0.489 e. The third kappa shape index (κ3) is 4.98. The van der Waals surface area contributed by atoms with Crippen LogP contribution in [0.3, 0.4) is 0 Å². The largest absolute Gasteiger partial charge is 0.573 e. The molecule has 0 saturated carbocycles. The molecule has 2 aromatic rings. The van der Waals surface area contributed by atoms with Crippen LogP contribution in [0.5, 0.6) is 11.5 Å². The van der Waals surface area contributed by atoms with E-state index in [9.17, 15) is 13.2 Å². The molecule has 0 saturated heterocycles. The number of rotatable bonds is 5. The summed E-state index contributed by atoms with van der Waals surface area (Å²) < 4.78 is 45.2. The minimum atomic E-state index is -4.72. The van der Waals surface area contributed by atoms with Gasteiger partial charge in [0.05, 0.1) is 0 Å². The molecule has 2 rings (SSSR count). The molecule has 0 unspecified atom stereocenters. The Hall–Kier alpha value is -2.19. The van der Waals surface area contributed by atoms with E-state index < -0.39 is 13.5 Å². The molecule has 0 fully saturated rings. The summed E-state index contributed by atoms with van der Waals surface area (Å²) in [5.41, 5.74) is 1.14. The molecular weight excluding hydrogens is 300 g/mol. The van der Waals surface area contributed by atoms with Crippen LogP contribution >= 0.6 is 0 Å². The first kappa shape index (κ1) is 16.2. The average molecular weight is 312 g/mol. The highest BCUT2D eigenvalue weighted by Gasteiger charge is 2.30. The van der Waals surface area contributed by atoms with Crippen molar-refractivity contribution in [3.63, 3.8) is 0 Å². The van der Waals surface area contributed by atoms with Gasteiger partial charge in [-0.05, 0) is 35.3 Å². The molecule has 2 N–H and O–H groups in total. The normalized spacial score (nSPS) is 11.1. The van der Waals surface area contributed by atoms with E-state index in [1.165, 1.54) is 12.1 Å². The topological polar surface area (TPSA) is 58.9 Å². The van der Waals surface area contributed by atoms with Crippen LogP contribution in [0.25, 0.3) is 0 Å². The summed E-state index contributed by atoms with van der Waals surface area (Å²) >= 11 is 0. The van der Waals surface area contributed by atoms with Gasteiger partial charge in [-0.25, -0.2) is 0 Å². The van der Waals surface area contributed by atoms with Crippen LogP contribution in [0.15, 0.2) is 48.5 Å². The molecule has 0 atom stereocenters. The summed E-state index contributed by atoms with van der Waals surface area (Å²) in [5, 5.41) is 17.9. The van der Waals surface area contributed by atoms with Crippen LogP contribution in [-0.2, 0) is 6.61 Å². The lowest BCUT2D eigenvalue weighted by Gasteiger charge is -2.10. The minimum absolute atomic E-state index is 0.196. The molecule has 22 heavy (non-hydrogen) atoms. The molecule has 0 aliphatic carbocycles. The van der Waals surface area contributed by atoms with Crippen LogP contribution < -0.4 is 14.9 Å². The van der Waals surface area contributed by atoms with E-state index in [0.717, 1.165) is 17.7 Å². The van der Waals surface area contributed by atoms with Gasteiger partial charge < -0.3 is 19.5 Å². The van der Waals surface area contributed by atoms with E-state index in [4.69, 9.17) is 14.8 Å². The fourth-order valence-electron chi connectivity index (χ4n) is 1.69. The number of hydrogen-bond donors (Lipinski definition) is 2. The van der Waals surface area contributed by atoms with E-state index in [1.54, 1.807) is 24.3 Å². The third-order valence-electron chi connectivity index (χ3n) is 2.74. The van der Waals surface area contributed by atoms with Crippen molar-refractivity contribution in [2.24, 2.45) is 0 Å². The number of ether oxygens (including phenoxy) is 2. The van der Waals surface area contributed by atoms with Gasteiger partial charge in [0.2, 0.25) is 0 Å². The standard InChI is InChI=1S/C14H12BF3O4/c16-14(17,18)22-13-7-5-12(6-8-13)21-9-10-1-3-11(4-2-10)15(19)20/h1-8,19-20H,9H2. The Balaban J connectivity index is 1.91. The van der Waals surface area contributed by atoms with Crippen LogP contribution in [0, 0.1) is 0 Å². The number of alkyl halides is 3. The van der Waals surface area contributed by atoms with Crippen molar-refractivity contribution < 1.29 is 32.7 Å². The van der Waals surface area contributed by atoms with Crippen LogP contribution in [0.4, 0.5) is 13.2 Å². The molecule has 0 radical (unpaired) electrons. The monoisotopic (exact) mass is 312 g/mol. The maximum absolute atomic E-state index is 12.0. The van der Waals surface area contributed by atoms with Crippen LogP contribution in [0.2, 0.25) is 0 Å². The first-order valence-electron chi connectivity index (χ1n) is 6.27. The van der Waals surface area contributed by atoms with Gasteiger partial charge in [-0.15, -0.1) is 13.2 Å². The quantitative estimate of drug-likeness (QED) is 0.827. The van der Waals surface area contributed by atoms with Crippen molar-refractivity contribution in [1.29, 1.82) is 0 Å². The molecular formula is C14H12BF3O4. The van der Waals surface area contributed by atoms with Gasteiger partial charge in [0.1, 0.15) is 18.1 Å². The second-order valence-electron chi connectivity index (χ2n) is 4.42. The highest BCUT2D eigenvalue weighted by atomic mass is 19.4. The lowest BCUT2D eigenvalue weighted by atomic mass is 9.80. The highest BCUT2D eigenvalue weighted by molar-refractivity contribution is 6.58. The zero-order valence-electron chi connectivity index (χ0n) is 11.2. The van der Waals surface area contributed by atoms with E-state index in [2.05, 4.69) is 4.74 Å². The molecule has 8 heteroatoms. The zero-order chi connectivity index (χ0) is 16.2. The summed E-state index contributed by atoms with van der Waals surface area (Å²) in [5.74, 6) is 0.0712. The first-order valence-corrected chi connectivity index (χ1v) is 6.27. The molecule has 0 bridgehead atoms. The summed E-state index contributed by atoms with van der Waals surface area (Å²) in [6.45, 7) is 0.196. The molecule has 0 heterocycles. The second-order valence-corrected chi connectivity index (χ2v) is 4.42. The van der Waals surface area contributed by atoms with E-state index >= 15 is 0 Å². The van der Waals surface area contributed by atoms with Gasteiger partial charge in [-0.2, -0.15) is 0 Å². The number of hydrogen-bond acceptors (Lipinski definition) is 4. The zero-order valence-corrected chi connectivity index (χ0v) is 11.2. The third-order valence-corrected chi connectivity index (χ3v) is 2.74. The van der Waals surface area contributed by atoms with Gasteiger partial charge >= 0.3 is 13.5 Å². The van der Waals surface area contributed by atoms with Gasteiger partial charge in [0, 0.05) is 0 Å². The molecule has 0 aliphatic heterocycles. The molecule has 4 nitrogen and oxygen atoms in total. The van der Waals surface area contributed by atoms with Crippen LogP contribution in [0.1, 0.15) is 5.56 Å². The molecule has 0 aliphatic rings. The Kier molecular flexibility index (Phi) is 4.94. The van der Waals surface area contributed by atoms with Crippen molar-refractivity contribution in [2.45, 2.75) is 13.0 Å². The predicted octanol–water partition coefficient (Wildman–Crippen LogP) is 1.84. The van der Waals surface area contributed by atoms with E-state index in [-0.39, 0.29) is 12.4 Å². The first-order chi connectivity index (χ1) is 10.3. The molecule has 0 aromatic heterocycles. The summed E-state index contributed by atoms with van der Waals surface area (Å²) in [7, 11) is -1.53. The van der Waals surface area contributed by atoms with Crippen molar-refractivity contribution in [1.82, 2.24) is 0 Å². The Morgan fingerprint density at radius 2 is 1.41 bits per heavy atom. The van der Waals surface area contributed by atoms with Gasteiger partial charge in [0.25, 0.3) is 0 Å². The SMILES string of the molecule is OB(O)c1ccc(COc2ccc(OC(F)(F)F)cc2)cc1. The van der Waals surface area contributed by atoms with Crippen molar-refractivity contribution >= 4 is 12.6 Å². The summed E-state index contributed by atoms with van der Waals surface area (Å²) in [6, 6.07) is 11.5. The Bertz CT molecular complexity index is 597.